The van der Waals surface area contributed by atoms with E-state index in [1.165, 1.54) is 29.2 Å². The summed E-state index contributed by atoms with van der Waals surface area (Å²) in [6.07, 6.45) is 0.416. The largest absolute Gasteiger partial charge is 0.462 e. The molecule has 0 aromatic heterocycles. The van der Waals surface area contributed by atoms with Crippen molar-refractivity contribution in [3.8, 4) is 6.07 Å². The summed E-state index contributed by atoms with van der Waals surface area (Å²) in [6, 6.07) is 14.8. The molecule has 0 aliphatic carbocycles. The Labute approximate surface area is 180 Å². The van der Waals surface area contributed by atoms with E-state index >= 15 is 0 Å². The molecule has 148 valence electrons. The van der Waals surface area contributed by atoms with Gasteiger partial charge in [-0.2, -0.15) is 5.26 Å². The van der Waals surface area contributed by atoms with E-state index in [0.29, 0.717) is 12.1 Å². The number of thioether (sulfide) groups is 1. The standard InChI is InChI=1S/C21H16BrFN2O3S/c1-2-28-21(27)17(12-24)20-25(16-9-7-15(23)8-10-16)19(26)18(29-20)11-13-3-5-14(22)6-4-13/h3-10,18H,2,11H2,1H3/b20-17-/t18-/m0/s1. The number of carbonyl (C=O) groups excluding carboxylic acids is 2. The number of amides is 1. The Hall–Kier alpha value is -2.63. The molecule has 0 unspecified atom stereocenters. The summed E-state index contributed by atoms with van der Waals surface area (Å²) in [5.74, 6) is -1.52. The van der Waals surface area contributed by atoms with Gasteiger partial charge in [-0.25, -0.2) is 9.18 Å². The minimum Gasteiger partial charge on any atom is -0.462 e. The van der Waals surface area contributed by atoms with Crippen molar-refractivity contribution >= 4 is 45.3 Å². The summed E-state index contributed by atoms with van der Waals surface area (Å²) < 4.78 is 19.3. The molecule has 29 heavy (non-hydrogen) atoms. The van der Waals surface area contributed by atoms with Crippen molar-refractivity contribution in [3.63, 3.8) is 0 Å². The van der Waals surface area contributed by atoms with Crippen LogP contribution in [0.3, 0.4) is 0 Å². The Morgan fingerprint density at radius 1 is 1.24 bits per heavy atom. The summed E-state index contributed by atoms with van der Waals surface area (Å²) in [6.45, 7) is 1.74. The van der Waals surface area contributed by atoms with Crippen molar-refractivity contribution in [3.05, 3.63) is 75.0 Å². The predicted octanol–water partition coefficient (Wildman–Crippen LogP) is 4.58. The fraction of sp³-hybridized carbons (Fsp3) is 0.190. The lowest BCUT2D eigenvalue weighted by Gasteiger charge is -2.18. The Balaban J connectivity index is 2.02. The van der Waals surface area contributed by atoms with Gasteiger partial charge in [0.15, 0.2) is 5.57 Å². The van der Waals surface area contributed by atoms with Gasteiger partial charge in [0.25, 0.3) is 0 Å². The molecule has 1 fully saturated rings. The Kier molecular flexibility index (Phi) is 6.72. The summed E-state index contributed by atoms with van der Waals surface area (Å²) in [5, 5.41) is 9.23. The Morgan fingerprint density at radius 3 is 2.48 bits per heavy atom. The molecule has 8 heteroatoms. The Bertz CT molecular complexity index is 1000. The molecule has 0 saturated carbocycles. The van der Waals surface area contributed by atoms with E-state index in [-0.39, 0.29) is 23.1 Å². The number of hydrogen-bond acceptors (Lipinski definition) is 5. The lowest BCUT2D eigenvalue weighted by molar-refractivity contribution is -0.138. The van der Waals surface area contributed by atoms with E-state index in [2.05, 4.69) is 15.9 Å². The first-order chi connectivity index (χ1) is 13.9. The summed E-state index contributed by atoms with van der Waals surface area (Å²) in [5.41, 5.74) is 1.08. The average molecular weight is 475 g/mol. The number of nitrogens with zero attached hydrogens (tertiary/aromatic N) is 2. The minimum atomic E-state index is -0.790. The molecule has 0 spiro atoms. The van der Waals surface area contributed by atoms with E-state index < -0.39 is 17.0 Å². The number of esters is 1. The highest BCUT2D eigenvalue weighted by Crippen LogP contribution is 2.42. The second-order valence-electron chi connectivity index (χ2n) is 6.10. The maximum atomic E-state index is 13.4. The molecule has 2 aromatic rings. The highest BCUT2D eigenvalue weighted by Gasteiger charge is 2.41. The van der Waals surface area contributed by atoms with Gasteiger partial charge in [-0.05, 0) is 55.3 Å². The molecular weight excluding hydrogens is 459 g/mol. The third kappa shape index (κ3) is 4.69. The van der Waals surface area contributed by atoms with Crippen LogP contribution in [-0.2, 0) is 20.7 Å². The van der Waals surface area contributed by atoms with E-state index in [9.17, 15) is 19.2 Å². The topological polar surface area (TPSA) is 70.4 Å². The average Bonchev–Trinajstić information content (AvgIpc) is 3.01. The maximum Gasteiger partial charge on any atom is 0.351 e. The van der Waals surface area contributed by atoms with E-state index in [1.54, 1.807) is 6.92 Å². The quantitative estimate of drug-likeness (QED) is 0.360. The highest BCUT2D eigenvalue weighted by molar-refractivity contribution is 9.10. The lowest BCUT2D eigenvalue weighted by atomic mass is 10.1. The fourth-order valence-electron chi connectivity index (χ4n) is 2.83. The first kappa shape index (κ1) is 21.1. The van der Waals surface area contributed by atoms with Gasteiger partial charge in [-0.1, -0.05) is 39.8 Å². The van der Waals surface area contributed by atoms with Crippen molar-refractivity contribution in [1.29, 1.82) is 5.26 Å². The number of rotatable bonds is 5. The van der Waals surface area contributed by atoms with Crippen LogP contribution in [-0.4, -0.2) is 23.7 Å². The van der Waals surface area contributed by atoms with Gasteiger partial charge in [0.1, 0.15) is 16.9 Å². The van der Waals surface area contributed by atoms with Gasteiger partial charge >= 0.3 is 5.97 Å². The molecule has 5 nitrogen and oxygen atoms in total. The van der Waals surface area contributed by atoms with Crippen LogP contribution in [0.15, 0.2) is 63.6 Å². The number of benzene rings is 2. The molecule has 1 heterocycles. The molecule has 1 aliphatic heterocycles. The lowest BCUT2D eigenvalue weighted by Crippen LogP contribution is -2.30. The molecule has 0 radical (unpaired) electrons. The summed E-state index contributed by atoms with van der Waals surface area (Å²) in [7, 11) is 0. The number of nitriles is 1. The van der Waals surface area contributed by atoms with Crippen LogP contribution in [0.2, 0.25) is 0 Å². The van der Waals surface area contributed by atoms with Crippen LogP contribution in [0.5, 0.6) is 0 Å². The first-order valence-electron chi connectivity index (χ1n) is 8.76. The molecule has 1 atom stereocenters. The Morgan fingerprint density at radius 2 is 1.90 bits per heavy atom. The van der Waals surface area contributed by atoms with Gasteiger partial charge in [0.2, 0.25) is 5.91 Å². The third-order valence-electron chi connectivity index (χ3n) is 4.18. The van der Waals surface area contributed by atoms with Crippen LogP contribution in [0.1, 0.15) is 12.5 Å². The van der Waals surface area contributed by atoms with Gasteiger partial charge in [-0.3, -0.25) is 9.69 Å². The van der Waals surface area contributed by atoms with Gasteiger partial charge in [0, 0.05) is 10.2 Å². The van der Waals surface area contributed by atoms with Crippen LogP contribution >= 0.6 is 27.7 Å². The SMILES string of the molecule is CCOC(=O)/C(C#N)=C1\S[C@@H](Cc2ccc(Br)cc2)C(=O)N1c1ccc(F)cc1. The zero-order chi connectivity index (χ0) is 21.0. The maximum absolute atomic E-state index is 13.4. The summed E-state index contributed by atoms with van der Waals surface area (Å²) in [4.78, 5) is 26.8. The molecule has 1 aliphatic rings. The number of ether oxygens (including phenoxy) is 1. The molecule has 0 N–H and O–H groups in total. The van der Waals surface area contributed by atoms with Crippen LogP contribution in [0.4, 0.5) is 10.1 Å². The van der Waals surface area contributed by atoms with Gasteiger partial charge < -0.3 is 4.74 Å². The van der Waals surface area contributed by atoms with Crippen molar-refractivity contribution in [2.75, 3.05) is 11.5 Å². The monoisotopic (exact) mass is 474 g/mol. The highest BCUT2D eigenvalue weighted by atomic mass is 79.9. The van der Waals surface area contributed by atoms with Crippen molar-refractivity contribution in [2.45, 2.75) is 18.6 Å². The minimum absolute atomic E-state index is 0.106. The number of anilines is 1. The second-order valence-corrected chi connectivity index (χ2v) is 8.21. The van der Waals surface area contributed by atoms with Crippen molar-refractivity contribution in [2.24, 2.45) is 0 Å². The van der Waals surface area contributed by atoms with Crippen LogP contribution in [0.25, 0.3) is 0 Å². The number of hydrogen-bond donors (Lipinski definition) is 0. The zero-order valence-corrected chi connectivity index (χ0v) is 17.8. The van der Waals surface area contributed by atoms with Gasteiger partial charge in [0.05, 0.1) is 11.9 Å². The first-order valence-corrected chi connectivity index (χ1v) is 10.4. The molecule has 3 rings (SSSR count). The van der Waals surface area contributed by atoms with Crippen molar-refractivity contribution in [1.82, 2.24) is 0 Å². The van der Waals surface area contributed by atoms with E-state index in [0.717, 1.165) is 21.8 Å². The number of halogens is 2. The molecular formula is C21H16BrFN2O3S. The third-order valence-corrected chi connectivity index (χ3v) is 5.97. The van der Waals surface area contributed by atoms with Crippen LogP contribution < -0.4 is 4.90 Å². The number of carbonyl (C=O) groups is 2. The normalized spacial score (nSPS) is 17.8. The predicted molar refractivity (Wildman–Crippen MR) is 112 cm³/mol. The van der Waals surface area contributed by atoms with Crippen LogP contribution in [0, 0.1) is 17.1 Å². The molecule has 1 amide bonds. The summed E-state index contributed by atoms with van der Waals surface area (Å²) >= 11 is 4.52. The van der Waals surface area contributed by atoms with Crippen molar-refractivity contribution < 1.29 is 18.7 Å². The van der Waals surface area contributed by atoms with Gasteiger partial charge in [-0.15, -0.1) is 0 Å². The van der Waals surface area contributed by atoms with E-state index in [4.69, 9.17) is 4.74 Å². The van der Waals surface area contributed by atoms with E-state index in [1.807, 2.05) is 30.3 Å². The second kappa shape index (κ2) is 9.25. The zero-order valence-electron chi connectivity index (χ0n) is 15.4. The molecule has 1 saturated heterocycles. The molecule has 0 bridgehead atoms. The molecule has 2 aromatic carbocycles. The smallest absolute Gasteiger partial charge is 0.351 e. The fourth-order valence-corrected chi connectivity index (χ4v) is 4.40.